The molecular weight excluding hydrogens is 298 g/mol. The van der Waals surface area contributed by atoms with E-state index < -0.39 is 10.0 Å². The van der Waals surface area contributed by atoms with Crippen LogP contribution >= 0.6 is 11.3 Å². The largest absolute Gasteiger partial charge is 0.306 e. The highest BCUT2D eigenvalue weighted by Gasteiger charge is 2.40. The molecule has 4 N–H and O–H groups in total. The van der Waals surface area contributed by atoms with E-state index in [2.05, 4.69) is 15.1 Å². The minimum atomic E-state index is -3.67. The first-order valence-electron chi connectivity index (χ1n) is 6.47. The second-order valence-electron chi connectivity index (χ2n) is 5.06. The number of nitrogens with zero attached hydrogens (tertiary/aromatic N) is 2. The fourth-order valence-electron chi connectivity index (χ4n) is 2.58. The summed E-state index contributed by atoms with van der Waals surface area (Å²) in [6.45, 7) is 2.00. The van der Waals surface area contributed by atoms with Crippen LogP contribution in [-0.2, 0) is 10.0 Å². The summed E-state index contributed by atoms with van der Waals surface area (Å²) in [6.07, 6.45) is 5.27. The van der Waals surface area contributed by atoms with Gasteiger partial charge in [-0.25, -0.2) is 19.0 Å². The van der Waals surface area contributed by atoms with Crippen LogP contribution in [0.15, 0.2) is 16.6 Å². The minimum absolute atomic E-state index is 0.0796. The SMILES string of the molecule is CCC1(NS(=O)(=O)c2c(NN)nc3sccn23)CCC1. The summed E-state index contributed by atoms with van der Waals surface area (Å²) in [6, 6.07) is 0. The number of fused-ring (bicyclic) bond motifs is 1. The van der Waals surface area contributed by atoms with Gasteiger partial charge >= 0.3 is 0 Å². The molecule has 20 heavy (non-hydrogen) atoms. The van der Waals surface area contributed by atoms with Gasteiger partial charge in [-0.1, -0.05) is 6.92 Å². The Kier molecular flexibility index (Phi) is 3.24. The van der Waals surface area contributed by atoms with Crippen molar-refractivity contribution in [2.75, 3.05) is 5.43 Å². The van der Waals surface area contributed by atoms with E-state index in [-0.39, 0.29) is 16.4 Å². The Morgan fingerprint density at radius 2 is 2.30 bits per heavy atom. The van der Waals surface area contributed by atoms with Crippen LogP contribution in [0.1, 0.15) is 32.6 Å². The average Bonchev–Trinajstić information content (AvgIpc) is 2.92. The van der Waals surface area contributed by atoms with Gasteiger partial charge in [0.1, 0.15) is 0 Å². The molecule has 0 spiro atoms. The van der Waals surface area contributed by atoms with Crippen molar-refractivity contribution in [3.63, 3.8) is 0 Å². The number of hydrogen-bond acceptors (Lipinski definition) is 6. The summed E-state index contributed by atoms with van der Waals surface area (Å²) < 4.78 is 29.8. The predicted molar refractivity (Wildman–Crippen MR) is 78.1 cm³/mol. The Morgan fingerprint density at radius 1 is 1.55 bits per heavy atom. The maximum atomic E-state index is 12.7. The fourth-order valence-corrected chi connectivity index (χ4v) is 5.13. The molecule has 1 aliphatic rings. The monoisotopic (exact) mass is 315 g/mol. The Bertz CT molecular complexity index is 724. The van der Waals surface area contributed by atoms with Gasteiger partial charge < -0.3 is 5.43 Å². The number of sulfonamides is 1. The second-order valence-corrected chi connectivity index (χ2v) is 7.53. The van der Waals surface area contributed by atoms with Crippen molar-refractivity contribution in [3.05, 3.63) is 11.6 Å². The molecule has 110 valence electrons. The van der Waals surface area contributed by atoms with Crippen LogP contribution in [0.2, 0.25) is 0 Å². The Morgan fingerprint density at radius 3 is 2.85 bits per heavy atom. The van der Waals surface area contributed by atoms with E-state index in [0.29, 0.717) is 4.96 Å². The number of aromatic nitrogens is 2. The number of nitrogen functional groups attached to an aromatic ring is 1. The van der Waals surface area contributed by atoms with Crippen molar-refractivity contribution in [2.24, 2.45) is 5.84 Å². The smallest absolute Gasteiger partial charge is 0.260 e. The van der Waals surface area contributed by atoms with Crippen LogP contribution in [-0.4, -0.2) is 23.3 Å². The third-order valence-electron chi connectivity index (χ3n) is 3.95. The molecular formula is C11H17N5O2S2. The van der Waals surface area contributed by atoms with Crippen LogP contribution in [0.3, 0.4) is 0 Å². The van der Waals surface area contributed by atoms with Crippen LogP contribution in [0.25, 0.3) is 4.96 Å². The molecule has 2 heterocycles. The summed E-state index contributed by atoms with van der Waals surface area (Å²) in [7, 11) is -3.67. The van der Waals surface area contributed by atoms with E-state index in [1.165, 1.54) is 11.3 Å². The number of nitrogens with one attached hydrogen (secondary N) is 2. The molecule has 0 radical (unpaired) electrons. The second kappa shape index (κ2) is 4.69. The number of hydrogen-bond donors (Lipinski definition) is 3. The van der Waals surface area contributed by atoms with Gasteiger partial charge in [-0.15, -0.1) is 11.3 Å². The minimum Gasteiger partial charge on any atom is -0.306 e. The van der Waals surface area contributed by atoms with Crippen LogP contribution < -0.4 is 16.0 Å². The summed E-state index contributed by atoms with van der Waals surface area (Å²) in [5, 5.41) is 1.87. The van der Waals surface area contributed by atoms with Crippen LogP contribution in [0.5, 0.6) is 0 Å². The maximum absolute atomic E-state index is 12.7. The summed E-state index contributed by atoms with van der Waals surface area (Å²) >= 11 is 1.36. The molecule has 0 atom stereocenters. The van der Waals surface area contributed by atoms with E-state index in [0.717, 1.165) is 25.7 Å². The van der Waals surface area contributed by atoms with Crippen molar-refractivity contribution >= 4 is 32.1 Å². The zero-order valence-electron chi connectivity index (χ0n) is 11.1. The zero-order valence-corrected chi connectivity index (χ0v) is 12.7. The third kappa shape index (κ3) is 2.01. The molecule has 0 unspecified atom stereocenters. The Labute approximate surface area is 121 Å². The van der Waals surface area contributed by atoms with Gasteiger partial charge in [-0.2, -0.15) is 4.98 Å². The first-order chi connectivity index (χ1) is 9.51. The van der Waals surface area contributed by atoms with Gasteiger partial charge in [-0.05, 0) is 25.7 Å². The van der Waals surface area contributed by atoms with Crippen molar-refractivity contribution in [3.8, 4) is 0 Å². The average molecular weight is 315 g/mol. The van der Waals surface area contributed by atoms with Gasteiger partial charge in [-0.3, -0.25) is 4.40 Å². The number of hydrazine groups is 1. The van der Waals surface area contributed by atoms with Gasteiger partial charge in [0.25, 0.3) is 10.0 Å². The van der Waals surface area contributed by atoms with Gasteiger partial charge in [0, 0.05) is 17.1 Å². The molecule has 0 bridgehead atoms. The molecule has 1 fully saturated rings. The number of rotatable bonds is 5. The van der Waals surface area contributed by atoms with Crippen LogP contribution in [0, 0.1) is 0 Å². The number of thiazole rings is 1. The first kappa shape index (κ1) is 13.8. The molecule has 2 aromatic rings. The fraction of sp³-hybridized carbons (Fsp3) is 0.545. The highest BCUT2D eigenvalue weighted by atomic mass is 32.2. The number of imidazole rings is 1. The Hall–Kier alpha value is -1.16. The molecule has 2 aromatic heterocycles. The molecule has 7 nitrogen and oxygen atoms in total. The quantitative estimate of drug-likeness (QED) is 0.570. The van der Waals surface area contributed by atoms with Crippen molar-refractivity contribution < 1.29 is 8.42 Å². The number of anilines is 1. The highest BCUT2D eigenvalue weighted by Crippen LogP contribution is 2.37. The number of nitrogens with two attached hydrogens (primary N) is 1. The molecule has 9 heteroatoms. The van der Waals surface area contributed by atoms with Gasteiger partial charge in [0.05, 0.1) is 0 Å². The lowest BCUT2D eigenvalue weighted by Crippen LogP contribution is -2.53. The van der Waals surface area contributed by atoms with E-state index in [1.54, 1.807) is 16.0 Å². The zero-order chi connectivity index (χ0) is 14.4. The normalized spacial score (nSPS) is 18.1. The predicted octanol–water partition coefficient (Wildman–Crippen LogP) is 1.29. The molecule has 1 aliphatic carbocycles. The lowest BCUT2D eigenvalue weighted by molar-refractivity contribution is 0.213. The molecule has 3 rings (SSSR count). The molecule has 0 aromatic carbocycles. The van der Waals surface area contributed by atoms with Gasteiger partial charge in [0.2, 0.25) is 5.03 Å². The first-order valence-corrected chi connectivity index (χ1v) is 8.84. The van der Waals surface area contributed by atoms with E-state index in [1.807, 2.05) is 6.92 Å². The molecule has 0 saturated heterocycles. The topological polar surface area (TPSA) is 102 Å². The molecule has 0 amide bonds. The lowest BCUT2D eigenvalue weighted by atomic mass is 9.76. The van der Waals surface area contributed by atoms with E-state index >= 15 is 0 Å². The van der Waals surface area contributed by atoms with Gasteiger partial charge in [0.15, 0.2) is 10.8 Å². The summed E-state index contributed by atoms with van der Waals surface area (Å²) in [4.78, 5) is 4.78. The lowest BCUT2D eigenvalue weighted by Gasteiger charge is -2.41. The maximum Gasteiger partial charge on any atom is 0.260 e. The molecule has 0 aliphatic heterocycles. The third-order valence-corrected chi connectivity index (χ3v) is 6.31. The van der Waals surface area contributed by atoms with Crippen molar-refractivity contribution in [1.29, 1.82) is 0 Å². The molecule has 1 saturated carbocycles. The van der Waals surface area contributed by atoms with Crippen molar-refractivity contribution in [2.45, 2.75) is 43.2 Å². The van der Waals surface area contributed by atoms with E-state index in [9.17, 15) is 8.42 Å². The standard InChI is InChI=1S/C11H17N5O2S2/c1-2-11(4-3-5-11)15-20(17,18)9-8(14-12)13-10-16(9)6-7-19-10/h6-7,14-15H,2-5,12H2,1H3. The summed E-state index contributed by atoms with van der Waals surface area (Å²) in [5.74, 6) is 5.58. The summed E-state index contributed by atoms with van der Waals surface area (Å²) in [5.41, 5.74) is 2.06. The van der Waals surface area contributed by atoms with E-state index in [4.69, 9.17) is 5.84 Å². The Balaban J connectivity index is 2.06. The highest BCUT2D eigenvalue weighted by molar-refractivity contribution is 7.89. The van der Waals surface area contributed by atoms with Crippen LogP contribution in [0.4, 0.5) is 5.82 Å². The van der Waals surface area contributed by atoms with Crippen molar-refractivity contribution in [1.82, 2.24) is 14.1 Å².